The maximum Gasteiger partial charge on any atom is 0.134 e. The lowest BCUT2D eigenvalue weighted by Crippen LogP contribution is -2.34. The molecule has 0 saturated carbocycles. The van der Waals surface area contributed by atoms with Crippen molar-refractivity contribution in [3.63, 3.8) is 0 Å². The van der Waals surface area contributed by atoms with E-state index in [-0.39, 0.29) is 11.7 Å². The van der Waals surface area contributed by atoms with Crippen molar-refractivity contribution < 1.29 is 4.79 Å². The number of nitrogens with one attached hydrogen (secondary N) is 1. The molecule has 10 heavy (non-hydrogen) atoms. The Morgan fingerprint density at radius 2 is 2.10 bits per heavy atom. The van der Waals surface area contributed by atoms with E-state index in [1.807, 2.05) is 20.9 Å². The molecular weight excluding hydrogens is 126 g/mol. The first-order chi connectivity index (χ1) is 4.63. The van der Waals surface area contributed by atoms with Crippen LogP contribution in [0.5, 0.6) is 0 Å². The molecular formula is C8H17NO. The molecule has 0 heterocycles. The molecule has 0 unspecified atom stereocenters. The normalized spacial score (nSPS) is 16.4. The smallest absolute Gasteiger partial charge is 0.134 e. The lowest BCUT2D eigenvalue weighted by Gasteiger charge is -2.18. The summed E-state index contributed by atoms with van der Waals surface area (Å²) in [5, 5.41) is 3.08. The fourth-order valence-corrected chi connectivity index (χ4v) is 1.19. The number of ketones is 1. The highest BCUT2D eigenvalue weighted by atomic mass is 16.1. The van der Waals surface area contributed by atoms with Crippen molar-refractivity contribution in [2.45, 2.75) is 33.2 Å². The van der Waals surface area contributed by atoms with Crippen LogP contribution in [0, 0.1) is 5.92 Å². The summed E-state index contributed by atoms with van der Waals surface area (Å²) in [5.41, 5.74) is 0. The van der Waals surface area contributed by atoms with E-state index in [1.54, 1.807) is 6.92 Å². The van der Waals surface area contributed by atoms with Gasteiger partial charge in [-0.1, -0.05) is 6.92 Å². The molecule has 60 valence electrons. The van der Waals surface area contributed by atoms with E-state index in [0.29, 0.717) is 6.04 Å². The molecule has 0 saturated heterocycles. The van der Waals surface area contributed by atoms with Crippen LogP contribution in [0.25, 0.3) is 0 Å². The summed E-state index contributed by atoms with van der Waals surface area (Å²) in [6, 6.07) is 0.308. The lowest BCUT2D eigenvalue weighted by molar-refractivity contribution is -0.121. The van der Waals surface area contributed by atoms with E-state index in [2.05, 4.69) is 5.32 Å². The zero-order valence-corrected chi connectivity index (χ0v) is 7.27. The lowest BCUT2D eigenvalue weighted by atomic mass is 9.95. The van der Waals surface area contributed by atoms with Crippen molar-refractivity contribution >= 4 is 5.78 Å². The van der Waals surface area contributed by atoms with Gasteiger partial charge in [0.25, 0.3) is 0 Å². The van der Waals surface area contributed by atoms with Gasteiger partial charge in [0.15, 0.2) is 0 Å². The van der Waals surface area contributed by atoms with Gasteiger partial charge < -0.3 is 5.32 Å². The van der Waals surface area contributed by atoms with E-state index >= 15 is 0 Å². The minimum atomic E-state index is 0.185. The van der Waals surface area contributed by atoms with Gasteiger partial charge in [-0.15, -0.1) is 0 Å². The van der Waals surface area contributed by atoms with E-state index in [4.69, 9.17) is 0 Å². The fourth-order valence-electron chi connectivity index (χ4n) is 1.19. The first-order valence-corrected chi connectivity index (χ1v) is 3.81. The largest absolute Gasteiger partial charge is 0.317 e. The van der Waals surface area contributed by atoms with Crippen LogP contribution in [0.15, 0.2) is 0 Å². The van der Waals surface area contributed by atoms with Crippen molar-refractivity contribution in [2.24, 2.45) is 5.92 Å². The molecule has 0 aromatic rings. The van der Waals surface area contributed by atoms with Crippen molar-refractivity contribution in [1.82, 2.24) is 5.32 Å². The minimum Gasteiger partial charge on any atom is -0.317 e. The number of carbonyl (C=O) groups is 1. The SMILES string of the molecule is CC[C@@H](C(C)=O)[C@@H](C)NC. The molecule has 0 radical (unpaired) electrons. The maximum absolute atomic E-state index is 10.9. The first kappa shape index (κ1) is 9.63. The number of Topliss-reactive ketones (excluding diaryl/α,β-unsaturated/α-hetero) is 1. The van der Waals surface area contributed by atoms with Crippen molar-refractivity contribution in [1.29, 1.82) is 0 Å². The average Bonchev–Trinajstić information content (AvgIpc) is 1.88. The van der Waals surface area contributed by atoms with Gasteiger partial charge in [0.05, 0.1) is 0 Å². The van der Waals surface area contributed by atoms with E-state index < -0.39 is 0 Å². The minimum absolute atomic E-state index is 0.185. The van der Waals surface area contributed by atoms with Crippen LogP contribution >= 0.6 is 0 Å². The summed E-state index contributed by atoms with van der Waals surface area (Å²) < 4.78 is 0. The van der Waals surface area contributed by atoms with Crippen LogP contribution in [0.3, 0.4) is 0 Å². The highest BCUT2D eigenvalue weighted by molar-refractivity contribution is 5.78. The summed E-state index contributed by atoms with van der Waals surface area (Å²) in [5.74, 6) is 0.467. The Bertz CT molecular complexity index is 112. The molecule has 0 aliphatic carbocycles. The van der Waals surface area contributed by atoms with Crippen molar-refractivity contribution in [3.05, 3.63) is 0 Å². The third-order valence-electron chi connectivity index (χ3n) is 2.02. The van der Waals surface area contributed by atoms with Gasteiger partial charge in [0, 0.05) is 12.0 Å². The standard InChI is InChI=1S/C8H17NO/c1-5-8(7(3)10)6(2)9-4/h6,8-9H,5H2,1-4H3/t6-,8-/m1/s1. The second-order valence-corrected chi connectivity index (χ2v) is 2.70. The summed E-state index contributed by atoms with van der Waals surface area (Å²) in [7, 11) is 1.89. The van der Waals surface area contributed by atoms with Crippen molar-refractivity contribution in [3.8, 4) is 0 Å². The molecule has 0 spiro atoms. The van der Waals surface area contributed by atoms with Gasteiger partial charge in [-0.25, -0.2) is 0 Å². The highest BCUT2D eigenvalue weighted by Crippen LogP contribution is 2.08. The molecule has 2 atom stereocenters. The van der Waals surface area contributed by atoms with Gasteiger partial charge in [-0.3, -0.25) is 4.79 Å². The third-order valence-corrected chi connectivity index (χ3v) is 2.02. The molecule has 0 aliphatic heterocycles. The van der Waals surface area contributed by atoms with Crippen LogP contribution in [0.4, 0.5) is 0 Å². The summed E-state index contributed by atoms with van der Waals surface area (Å²) in [4.78, 5) is 10.9. The molecule has 2 nitrogen and oxygen atoms in total. The van der Waals surface area contributed by atoms with Crippen LogP contribution < -0.4 is 5.32 Å². The Balaban J connectivity index is 3.92. The molecule has 2 heteroatoms. The molecule has 0 amide bonds. The number of carbonyl (C=O) groups excluding carboxylic acids is 1. The molecule has 0 aromatic carbocycles. The third kappa shape index (κ3) is 2.48. The molecule has 0 aromatic heterocycles. The Hall–Kier alpha value is -0.370. The van der Waals surface area contributed by atoms with E-state index in [9.17, 15) is 4.79 Å². The Kier molecular flexibility index (Phi) is 4.28. The average molecular weight is 143 g/mol. The van der Waals surface area contributed by atoms with Crippen LogP contribution in [0.1, 0.15) is 27.2 Å². The van der Waals surface area contributed by atoms with Crippen LogP contribution in [0.2, 0.25) is 0 Å². The summed E-state index contributed by atoms with van der Waals surface area (Å²) in [6.45, 7) is 5.73. The fraction of sp³-hybridized carbons (Fsp3) is 0.875. The zero-order chi connectivity index (χ0) is 8.15. The van der Waals surface area contributed by atoms with Gasteiger partial charge >= 0.3 is 0 Å². The molecule has 0 bridgehead atoms. The zero-order valence-electron chi connectivity index (χ0n) is 7.27. The quantitative estimate of drug-likeness (QED) is 0.641. The van der Waals surface area contributed by atoms with E-state index in [0.717, 1.165) is 6.42 Å². The first-order valence-electron chi connectivity index (χ1n) is 3.81. The predicted molar refractivity (Wildman–Crippen MR) is 43.0 cm³/mol. The monoisotopic (exact) mass is 143 g/mol. The van der Waals surface area contributed by atoms with Gasteiger partial charge in [-0.2, -0.15) is 0 Å². The van der Waals surface area contributed by atoms with Gasteiger partial charge in [-0.05, 0) is 27.3 Å². The summed E-state index contributed by atoms with van der Waals surface area (Å²) in [6.07, 6.45) is 0.928. The Morgan fingerprint density at radius 3 is 2.20 bits per heavy atom. The Morgan fingerprint density at radius 1 is 1.60 bits per heavy atom. The topological polar surface area (TPSA) is 29.1 Å². The second kappa shape index (κ2) is 4.45. The predicted octanol–water partition coefficient (Wildman–Crippen LogP) is 1.21. The number of rotatable bonds is 4. The molecule has 0 fully saturated rings. The van der Waals surface area contributed by atoms with Crippen LogP contribution in [-0.2, 0) is 4.79 Å². The molecule has 0 aliphatic rings. The summed E-state index contributed by atoms with van der Waals surface area (Å²) >= 11 is 0. The number of hydrogen-bond acceptors (Lipinski definition) is 2. The van der Waals surface area contributed by atoms with Crippen LogP contribution in [-0.4, -0.2) is 18.9 Å². The molecule has 0 rings (SSSR count). The van der Waals surface area contributed by atoms with Gasteiger partial charge in [0.2, 0.25) is 0 Å². The number of hydrogen-bond donors (Lipinski definition) is 1. The maximum atomic E-state index is 10.9. The second-order valence-electron chi connectivity index (χ2n) is 2.70. The van der Waals surface area contributed by atoms with E-state index in [1.165, 1.54) is 0 Å². The van der Waals surface area contributed by atoms with Crippen molar-refractivity contribution in [2.75, 3.05) is 7.05 Å². The Labute approximate surface area is 63.0 Å². The molecule has 1 N–H and O–H groups in total. The van der Waals surface area contributed by atoms with Gasteiger partial charge in [0.1, 0.15) is 5.78 Å². The highest BCUT2D eigenvalue weighted by Gasteiger charge is 2.17.